The number of piperidine rings is 1. The van der Waals surface area contributed by atoms with Crippen molar-refractivity contribution in [3.63, 3.8) is 0 Å². The Labute approximate surface area is 173 Å². The maximum Gasteiger partial charge on any atom is 0.164 e. The minimum atomic E-state index is -1.36. The van der Waals surface area contributed by atoms with E-state index in [1.54, 1.807) is 0 Å². The van der Waals surface area contributed by atoms with Gasteiger partial charge in [-0.2, -0.15) is 0 Å². The van der Waals surface area contributed by atoms with Crippen LogP contribution in [0.4, 0.5) is 10.2 Å². The van der Waals surface area contributed by atoms with E-state index in [1.807, 2.05) is 0 Å². The highest BCUT2D eigenvalue weighted by molar-refractivity contribution is 5.86. The molecule has 2 aromatic rings. The number of aliphatic hydroxyl groups is 2. The van der Waals surface area contributed by atoms with Crippen LogP contribution >= 0.6 is 0 Å². The van der Waals surface area contributed by atoms with Gasteiger partial charge in [0.15, 0.2) is 17.7 Å². The summed E-state index contributed by atoms with van der Waals surface area (Å²) in [5.41, 5.74) is 4.75. The number of hydrogen-bond donors (Lipinski definition) is 3. The van der Waals surface area contributed by atoms with Gasteiger partial charge in [-0.1, -0.05) is 0 Å². The van der Waals surface area contributed by atoms with Crippen LogP contribution in [0.5, 0.6) is 0 Å². The van der Waals surface area contributed by atoms with Gasteiger partial charge in [-0.25, -0.2) is 14.4 Å². The Balaban J connectivity index is 1.29. The van der Waals surface area contributed by atoms with Crippen molar-refractivity contribution in [2.45, 2.75) is 61.3 Å². The second-order valence-electron chi connectivity index (χ2n) is 9.39. The Hall–Kier alpha value is -1.85. The number of anilines is 1. The first-order chi connectivity index (χ1) is 14.4. The Morgan fingerprint density at radius 3 is 2.70 bits per heavy atom. The van der Waals surface area contributed by atoms with E-state index in [1.165, 1.54) is 17.1 Å². The number of aliphatic hydroxyl groups excluding tert-OH is 1. The molecule has 1 spiro atoms. The van der Waals surface area contributed by atoms with Crippen molar-refractivity contribution in [2.24, 2.45) is 0 Å². The van der Waals surface area contributed by atoms with E-state index in [4.69, 9.17) is 10.5 Å². The summed E-state index contributed by atoms with van der Waals surface area (Å²) in [5, 5.41) is 22.6. The number of nitrogens with two attached hydrogens (primary N) is 1. The van der Waals surface area contributed by atoms with Gasteiger partial charge >= 0.3 is 0 Å². The van der Waals surface area contributed by atoms with Gasteiger partial charge in [0.2, 0.25) is 0 Å². The van der Waals surface area contributed by atoms with Gasteiger partial charge in [0.1, 0.15) is 30.0 Å². The van der Waals surface area contributed by atoms with Crippen LogP contribution in [-0.2, 0) is 4.74 Å². The molecule has 1 saturated carbocycles. The molecule has 3 aliphatic heterocycles. The Kier molecular flexibility index (Phi) is 3.84. The molecule has 5 heterocycles. The highest BCUT2D eigenvalue weighted by Crippen LogP contribution is 2.59. The largest absolute Gasteiger partial charge is 0.385 e. The zero-order valence-electron chi connectivity index (χ0n) is 16.9. The van der Waals surface area contributed by atoms with Crippen molar-refractivity contribution in [3.05, 3.63) is 18.3 Å². The van der Waals surface area contributed by atoms with Crippen LogP contribution in [0.15, 0.2) is 12.5 Å². The molecule has 2 aromatic heterocycles. The summed E-state index contributed by atoms with van der Waals surface area (Å²) in [6, 6.07) is -0.235. The zero-order chi connectivity index (χ0) is 20.8. The average Bonchev–Trinajstić information content (AvgIpc) is 3.03. The van der Waals surface area contributed by atoms with E-state index in [0.717, 1.165) is 45.3 Å². The molecule has 1 unspecified atom stereocenters. The number of likely N-dealkylation sites (tertiary alicyclic amines) is 2. The molecule has 10 heteroatoms. The molecule has 4 aliphatic rings. The maximum atomic E-state index is 14.5. The molecule has 3 saturated heterocycles. The Bertz CT molecular complexity index is 1010. The first-order valence-corrected chi connectivity index (χ1v) is 10.6. The fraction of sp³-hybridized carbons (Fsp3) is 0.700. The summed E-state index contributed by atoms with van der Waals surface area (Å²) < 4.78 is 22.0. The normalized spacial score (nSPS) is 38.5. The van der Waals surface area contributed by atoms with Crippen LogP contribution in [0.3, 0.4) is 0 Å². The molecule has 1 aliphatic carbocycles. The highest BCUT2D eigenvalue weighted by atomic mass is 19.1. The van der Waals surface area contributed by atoms with Crippen molar-refractivity contribution >= 4 is 16.9 Å². The van der Waals surface area contributed by atoms with Crippen molar-refractivity contribution < 1.29 is 19.3 Å². The van der Waals surface area contributed by atoms with Crippen LogP contribution in [0, 0.1) is 5.82 Å². The fourth-order valence-electron chi connectivity index (χ4n) is 6.18. The molecule has 0 aromatic carbocycles. The lowest BCUT2D eigenvalue weighted by molar-refractivity contribution is -0.0968. The third kappa shape index (κ3) is 2.28. The number of nitrogen functional groups attached to an aromatic ring is 1. The van der Waals surface area contributed by atoms with E-state index in [0.29, 0.717) is 0 Å². The van der Waals surface area contributed by atoms with Gasteiger partial charge < -0.3 is 30.2 Å². The summed E-state index contributed by atoms with van der Waals surface area (Å²) in [5.74, 6) is -0.542. The Morgan fingerprint density at radius 2 is 2.00 bits per heavy atom. The number of rotatable bonds is 2. The zero-order valence-corrected chi connectivity index (χ0v) is 16.9. The van der Waals surface area contributed by atoms with Gasteiger partial charge in [0.25, 0.3) is 0 Å². The smallest absolute Gasteiger partial charge is 0.164 e. The molecular weight excluding hydrogens is 391 g/mol. The Morgan fingerprint density at radius 1 is 1.23 bits per heavy atom. The summed E-state index contributed by atoms with van der Waals surface area (Å²) in [6.45, 7) is 2.97. The van der Waals surface area contributed by atoms with Crippen LogP contribution in [0.1, 0.15) is 31.9 Å². The second-order valence-corrected chi connectivity index (χ2v) is 9.39. The van der Waals surface area contributed by atoms with E-state index in [-0.39, 0.29) is 28.4 Å². The third-order valence-corrected chi connectivity index (χ3v) is 7.91. The van der Waals surface area contributed by atoms with Crippen molar-refractivity contribution in [2.75, 3.05) is 32.4 Å². The lowest BCUT2D eigenvalue weighted by atomic mass is 9.84. The first kappa shape index (κ1) is 18.9. The van der Waals surface area contributed by atoms with E-state index < -0.39 is 29.9 Å². The molecule has 4 fully saturated rings. The molecule has 0 bridgehead atoms. The lowest BCUT2D eigenvalue weighted by Crippen LogP contribution is -2.55. The van der Waals surface area contributed by atoms with Crippen LogP contribution in [0.2, 0.25) is 0 Å². The summed E-state index contributed by atoms with van der Waals surface area (Å²) in [6.07, 6.45) is 4.17. The quantitative estimate of drug-likeness (QED) is 0.629. The second kappa shape index (κ2) is 6.10. The van der Waals surface area contributed by atoms with Gasteiger partial charge in [-0.15, -0.1) is 0 Å². The third-order valence-electron chi connectivity index (χ3n) is 7.91. The predicted molar refractivity (Wildman–Crippen MR) is 106 cm³/mol. The van der Waals surface area contributed by atoms with E-state index in [9.17, 15) is 14.6 Å². The van der Waals surface area contributed by atoms with Crippen molar-refractivity contribution in [1.82, 2.24) is 24.3 Å². The fourth-order valence-corrected chi connectivity index (χ4v) is 6.18. The molecule has 9 nitrogen and oxygen atoms in total. The van der Waals surface area contributed by atoms with Crippen molar-refractivity contribution in [1.29, 1.82) is 0 Å². The van der Waals surface area contributed by atoms with Crippen LogP contribution < -0.4 is 5.73 Å². The average molecular weight is 418 g/mol. The van der Waals surface area contributed by atoms with Gasteiger partial charge in [-0.3, -0.25) is 4.90 Å². The topological polar surface area (TPSA) is 113 Å². The number of aromatic nitrogens is 3. The molecule has 0 amide bonds. The van der Waals surface area contributed by atoms with E-state index in [2.05, 4.69) is 26.8 Å². The SMILES string of the molecule is CN1CCC2(CCCN2C2[C@H]3O[C@@H](n4cc(F)c5c(N)ncnc54)[C@H](O)[C@@]23O)CC1. The number of fused-ring (bicyclic) bond motifs is 2. The number of nitrogens with zero attached hydrogens (tertiary/aromatic N) is 5. The summed E-state index contributed by atoms with van der Waals surface area (Å²) in [7, 11) is 2.14. The number of halogens is 1. The maximum absolute atomic E-state index is 14.5. The minimum Gasteiger partial charge on any atom is -0.385 e. The standard InChI is InChI=1S/C20H27FN6O3/c1-25-7-4-19(5-8-25)3-2-6-27(19)13-15-20(13,29)14(28)18(30-15)26-9-11(21)12-16(22)23-10-24-17(12)26/h9-10,13-15,18,28-29H,2-8H2,1H3,(H2,22,23,24)/t13?,14-,15+,18+,20-/m0/s1. The highest BCUT2D eigenvalue weighted by Gasteiger charge is 2.79. The molecule has 5 atom stereocenters. The molecule has 30 heavy (non-hydrogen) atoms. The van der Waals surface area contributed by atoms with Gasteiger partial charge in [0, 0.05) is 11.7 Å². The van der Waals surface area contributed by atoms with Gasteiger partial charge in [-0.05, 0) is 52.4 Å². The summed E-state index contributed by atoms with van der Waals surface area (Å²) >= 11 is 0. The predicted octanol–water partition coefficient (Wildman–Crippen LogP) is 0.0844. The molecule has 0 radical (unpaired) electrons. The van der Waals surface area contributed by atoms with Gasteiger partial charge in [0.05, 0.1) is 11.4 Å². The molecule has 162 valence electrons. The van der Waals surface area contributed by atoms with Crippen LogP contribution in [0.25, 0.3) is 11.0 Å². The molecule has 4 N–H and O–H groups in total. The van der Waals surface area contributed by atoms with Crippen molar-refractivity contribution in [3.8, 4) is 0 Å². The molecule has 6 rings (SSSR count). The number of hydrogen-bond acceptors (Lipinski definition) is 8. The van der Waals surface area contributed by atoms with Crippen LogP contribution in [-0.4, -0.2) is 90.6 Å². The van der Waals surface area contributed by atoms with E-state index >= 15 is 0 Å². The summed E-state index contributed by atoms with van der Waals surface area (Å²) in [4.78, 5) is 12.7. The minimum absolute atomic E-state index is 0.0340. The molecular formula is C20H27FN6O3. The monoisotopic (exact) mass is 418 g/mol. The lowest BCUT2D eigenvalue weighted by Gasteiger charge is -2.45. The first-order valence-electron chi connectivity index (χ1n) is 10.6. The number of ether oxygens (including phenoxy) is 1.